The Bertz CT molecular complexity index is 651. The number of benzene rings is 1. The highest BCUT2D eigenvalue weighted by Gasteiger charge is 2.47. The summed E-state index contributed by atoms with van der Waals surface area (Å²) in [5.41, 5.74) is 3.51. The van der Waals surface area contributed by atoms with Crippen molar-refractivity contribution in [3.8, 4) is 0 Å². The summed E-state index contributed by atoms with van der Waals surface area (Å²) >= 11 is 0. The molecule has 1 saturated carbocycles. The van der Waals surface area contributed by atoms with Gasteiger partial charge in [-0.05, 0) is 37.2 Å². The fourth-order valence-corrected chi connectivity index (χ4v) is 4.63. The maximum atomic E-state index is 11.8. The summed E-state index contributed by atoms with van der Waals surface area (Å²) in [5.74, 6) is 0.0676. The summed E-state index contributed by atoms with van der Waals surface area (Å²) in [6, 6.07) is 10.2. The van der Waals surface area contributed by atoms with E-state index in [-0.39, 0.29) is 12.0 Å². The number of rotatable bonds is 4. The van der Waals surface area contributed by atoms with Crippen molar-refractivity contribution in [2.24, 2.45) is 11.8 Å². The molecule has 4 atom stereocenters. The van der Waals surface area contributed by atoms with Crippen molar-refractivity contribution < 1.29 is 19.4 Å². The molecule has 1 aromatic carbocycles. The number of fused-ring (bicyclic) bond motifs is 1. The molecule has 0 aliphatic heterocycles. The van der Waals surface area contributed by atoms with E-state index >= 15 is 0 Å². The van der Waals surface area contributed by atoms with Gasteiger partial charge < -0.3 is 14.6 Å². The van der Waals surface area contributed by atoms with Crippen LogP contribution in [0.5, 0.6) is 0 Å². The molecule has 0 spiro atoms. The van der Waals surface area contributed by atoms with Crippen LogP contribution >= 0.6 is 0 Å². The van der Waals surface area contributed by atoms with Crippen molar-refractivity contribution in [2.45, 2.75) is 51.2 Å². The van der Waals surface area contributed by atoms with Crippen molar-refractivity contribution in [1.29, 1.82) is 0 Å². The van der Waals surface area contributed by atoms with Crippen molar-refractivity contribution in [3.63, 3.8) is 0 Å². The first-order chi connectivity index (χ1) is 12.0. The Balaban J connectivity index is 2.05. The molecule has 0 radical (unpaired) electrons. The van der Waals surface area contributed by atoms with Crippen molar-refractivity contribution >= 4 is 5.97 Å². The lowest BCUT2D eigenvalue weighted by Crippen LogP contribution is -2.36. The second-order valence-electron chi connectivity index (χ2n) is 7.44. The van der Waals surface area contributed by atoms with E-state index in [1.807, 2.05) is 18.2 Å². The zero-order chi connectivity index (χ0) is 18.0. The third kappa shape index (κ3) is 3.38. The first-order valence-electron chi connectivity index (χ1n) is 9.10. The van der Waals surface area contributed by atoms with E-state index in [0.29, 0.717) is 12.3 Å². The molecule has 4 heteroatoms. The molecule has 4 nitrogen and oxygen atoms in total. The molecule has 2 aliphatic carbocycles. The van der Waals surface area contributed by atoms with E-state index in [1.165, 1.54) is 11.1 Å². The summed E-state index contributed by atoms with van der Waals surface area (Å²) in [4.78, 5) is 11.8. The van der Waals surface area contributed by atoms with Gasteiger partial charge in [0.05, 0.1) is 5.60 Å². The van der Waals surface area contributed by atoms with E-state index < -0.39 is 18.2 Å². The van der Waals surface area contributed by atoms with Gasteiger partial charge in [0.25, 0.3) is 0 Å². The summed E-state index contributed by atoms with van der Waals surface area (Å²) in [7, 11) is 1.74. The number of aliphatic hydroxyl groups excluding tert-OH is 1. The number of allylic oxidation sites excluding steroid dienone is 1. The predicted octanol–water partition coefficient (Wildman–Crippen LogP) is 3.59. The molecule has 25 heavy (non-hydrogen) atoms. The third-order valence-electron chi connectivity index (χ3n) is 6.16. The van der Waals surface area contributed by atoms with Gasteiger partial charge in [-0.3, -0.25) is 0 Å². The Kier molecular flexibility index (Phi) is 5.30. The minimum absolute atomic E-state index is 0.212. The summed E-state index contributed by atoms with van der Waals surface area (Å²) in [6.45, 7) is 3.80. The van der Waals surface area contributed by atoms with E-state index in [0.717, 1.165) is 24.8 Å². The average Bonchev–Trinajstić information content (AvgIpc) is 2.94. The van der Waals surface area contributed by atoms with Crippen molar-refractivity contribution in [3.05, 3.63) is 47.0 Å². The van der Waals surface area contributed by atoms with E-state index in [9.17, 15) is 4.79 Å². The number of carbonyl (C=O) groups is 1. The summed E-state index contributed by atoms with van der Waals surface area (Å²) < 4.78 is 11.8. The number of methoxy groups -OCH3 is 1. The molecule has 1 N–H and O–H groups in total. The number of hydrogen-bond donors (Lipinski definition) is 1. The number of esters is 1. The van der Waals surface area contributed by atoms with E-state index in [2.05, 4.69) is 26.0 Å². The minimum Gasteiger partial charge on any atom is -0.460 e. The third-order valence-corrected chi connectivity index (χ3v) is 6.16. The highest BCUT2D eigenvalue weighted by molar-refractivity contribution is 5.70. The summed E-state index contributed by atoms with van der Waals surface area (Å²) in [6.07, 6.45) is 3.37. The van der Waals surface area contributed by atoms with Gasteiger partial charge in [0.15, 0.2) is 0 Å². The van der Waals surface area contributed by atoms with Crippen LogP contribution in [0.4, 0.5) is 0 Å². The molecule has 1 aromatic rings. The zero-order valence-electron chi connectivity index (χ0n) is 15.3. The smallest absolute Gasteiger partial charge is 0.332 e. The Labute approximate surface area is 149 Å². The van der Waals surface area contributed by atoms with Crippen LogP contribution < -0.4 is 0 Å². The predicted molar refractivity (Wildman–Crippen MR) is 95.9 cm³/mol. The van der Waals surface area contributed by atoms with Gasteiger partial charge in [-0.2, -0.15) is 0 Å². The van der Waals surface area contributed by atoms with Crippen molar-refractivity contribution in [2.75, 3.05) is 13.7 Å². The topological polar surface area (TPSA) is 55.8 Å². The van der Waals surface area contributed by atoms with Gasteiger partial charge in [0.2, 0.25) is 0 Å². The highest BCUT2D eigenvalue weighted by Crippen LogP contribution is 2.51. The number of carbonyl (C=O) groups excluding carboxylic acids is 1. The van der Waals surface area contributed by atoms with Gasteiger partial charge in [-0.1, -0.05) is 48.4 Å². The second kappa shape index (κ2) is 7.30. The van der Waals surface area contributed by atoms with Crippen LogP contribution in [-0.4, -0.2) is 30.9 Å². The Morgan fingerprint density at radius 1 is 1.32 bits per heavy atom. The van der Waals surface area contributed by atoms with Crippen LogP contribution in [0.15, 0.2) is 41.5 Å². The maximum absolute atomic E-state index is 11.8. The molecule has 0 heterocycles. The fraction of sp³-hybridized carbons (Fsp3) is 0.571. The Morgan fingerprint density at radius 3 is 2.68 bits per heavy atom. The molecule has 0 aromatic heterocycles. The molecule has 2 aliphatic rings. The van der Waals surface area contributed by atoms with Crippen LogP contribution in [0.1, 0.15) is 45.1 Å². The molecule has 0 saturated heterocycles. The van der Waals surface area contributed by atoms with Gasteiger partial charge in [-0.25, -0.2) is 4.79 Å². The molecule has 3 unspecified atom stereocenters. The van der Waals surface area contributed by atoms with Gasteiger partial charge in [-0.15, -0.1) is 0 Å². The molecular formula is C21H28O4. The largest absolute Gasteiger partial charge is 0.460 e. The van der Waals surface area contributed by atoms with Gasteiger partial charge >= 0.3 is 5.97 Å². The molecule has 0 bridgehead atoms. The molecule has 3 rings (SSSR count). The molecule has 136 valence electrons. The quantitative estimate of drug-likeness (QED) is 0.670. The SMILES string of the molecule is COC1(c2ccccc2)CC2=C(C)CC[C@H]2C(C)C(OC(=O)CO)C1. The van der Waals surface area contributed by atoms with Crippen LogP contribution in [-0.2, 0) is 19.9 Å². The number of ether oxygens (including phenoxy) is 2. The average molecular weight is 344 g/mol. The maximum Gasteiger partial charge on any atom is 0.332 e. The molecule has 0 amide bonds. The van der Waals surface area contributed by atoms with E-state index in [1.54, 1.807) is 7.11 Å². The Morgan fingerprint density at radius 2 is 2.04 bits per heavy atom. The normalized spacial score (nSPS) is 32.2. The van der Waals surface area contributed by atoms with Gasteiger partial charge in [0.1, 0.15) is 12.7 Å². The lowest BCUT2D eigenvalue weighted by molar-refractivity contribution is -0.160. The first-order valence-corrected chi connectivity index (χ1v) is 9.10. The van der Waals surface area contributed by atoms with Crippen LogP contribution in [0.2, 0.25) is 0 Å². The van der Waals surface area contributed by atoms with Gasteiger partial charge in [0, 0.05) is 20.0 Å². The fourth-order valence-electron chi connectivity index (χ4n) is 4.63. The zero-order valence-corrected chi connectivity index (χ0v) is 15.3. The lowest BCUT2D eigenvalue weighted by Gasteiger charge is -2.35. The Hall–Kier alpha value is -1.65. The monoisotopic (exact) mass is 344 g/mol. The summed E-state index contributed by atoms with van der Waals surface area (Å²) in [5, 5.41) is 9.14. The minimum atomic E-state index is -0.582. The first kappa shape index (κ1) is 18.2. The highest BCUT2D eigenvalue weighted by atomic mass is 16.6. The van der Waals surface area contributed by atoms with E-state index in [4.69, 9.17) is 14.6 Å². The van der Waals surface area contributed by atoms with Crippen molar-refractivity contribution in [1.82, 2.24) is 0 Å². The van der Waals surface area contributed by atoms with Crippen LogP contribution in [0.3, 0.4) is 0 Å². The molecule has 1 fully saturated rings. The van der Waals surface area contributed by atoms with Crippen LogP contribution in [0, 0.1) is 11.8 Å². The van der Waals surface area contributed by atoms with Crippen LogP contribution in [0.25, 0.3) is 0 Å². The molecular weight excluding hydrogens is 316 g/mol. The standard InChI is InChI=1S/C21H28O4/c1-14-9-10-17-15(2)19(25-20(23)13-22)12-21(24-3,11-18(14)17)16-7-5-4-6-8-16/h4-8,15,17,19,22H,9-13H2,1-3H3/t15?,17-,19?,21?/m0/s1. The number of aliphatic hydroxyl groups is 1. The second-order valence-corrected chi connectivity index (χ2v) is 7.44. The lowest BCUT2D eigenvalue weighted by atomic mass is 9.83. The number of hydrogen-bond acceptors (Lipinski definition) is 4.